The minimum Gasteiger partial charge on any atom is -0.444 e. The number of hydrogen-bond donors (Lipinski definition) is 0. The van der Waals surface area contributed by atoms with E-state index in [1.807, 2.05) is 152 Å². The summed E-state index contributed by atoms with van der Waals surface area (Å²) >= 11 is 0. The SMILES string of the molecule is [2H]c1c([2H])c([2H])c2c(c1[2H])c1c([2H])c([2H])c([2H])c3c1n2-c1cc(N(c2cc(-c4ccccc4)cc(-c4ccccc4)c2)c2ccccc2-c2ccccc2)cc2c1B3N1B3c4c(cc(N(c5cc(-c6ccccc6)cc(-c6ccccc6)c5)c5ccccc5-c5ccccc5)cc4-n4c5c([2H])c([2H])c([2H])c([2H])c5c5c([2H])c([2H])c([2H])c3c54)-c3cccc-2c31. The molecular formula is C102H65B2N5. The summed E-state index contributed by atoms with van der Waals surface area (Å²) in [5, 5.41) is 0.0513. The third kappa shape index (κ3) is 9.30. The van der Waals surface area contributed by atoms with E-state index in [1.165, 1.54) is 0 Å². The van der Waals surface area contributed by atoms with Crippen LogP contribution in [-0.4, -0.2) is 22.8 Å². The maximum Gasteiger partial charge on any atom is 0.316 e. The topological polar surface area (TPSA) is 19.6 Å². The van der Waals surface area contributed by atoms with Crippen molar-refractivity contribution in [2.45, 2.75) is 0 Å². The first-order chi connectivity index (χ1) is 59.9. The van der Waals surface area contributed by atoms with Crippen molar-refractivity contribution in [3.05, 3.63) is 394 Å². The molecule has 0 bridgehead atoms. The Morgan fingerprint density at radius 1 is 0.248 bits per heavy atom. The van der Waals surface area contributed by atoms with Crippen LogP contribution in [-0.2, 0) is 0 Å². The fourth-order valence-electron chi connectivity index (χ4n) is 18.1. The molecule has 2 aromatic heterocycles. The molecule has 0 atom stereocenters. The van der Waals surface area contributed by atoms with Gasteiger partial charge in [0.1, 0.15) is 0 Å². The van der Waals surface area contributed by atoms with Crippen molar-refractivity contribution >= 4 is 119 Å². The van der Waals surface area contributed by atoms with Crippen LogP contribution in [0.3, 0.4) is 0 Å². The fourth-order valence-corrected chi connectivity index (χ4v) is 18.1. The second-order valence-corrected chi connectivity index (χ2v) is 28.3. The van der Waals surface area contributed by atoms with Crippen LogP contribution in [0.4, 0.5) is 39.8 Å². The van der Waals surface area contributed by atoms with Crippen molar-refractivity contribution in [3.63, 3.8) is 0 Å². The van der Waals surface area contributed by atoms with Crippen LogP contribution in [0.2, 0.25) is 0 Å². The van der Waals surface area contributed by atoms with Gasteiger partial charge in [0.25, 0.3) is 0 Å². The first-order valence-electron chi connectivity index (χ1n) is 43.7. The van der Waals surface area contributed by atoms with Gasteiger partial charge in [0.05, 0.1) is 52.6 Å². The van der Waals surface area contributed by atoms with Crippen LogP contribution in [0, 0.1) is 0 Å². The molecule has 17 aromatic carbocycles. The van der Waals surface area contributed by atoms with Gasteiger partial charge < -0.3 is 23.7 Å². The van der Waals surface area contributed by atoms with Crippen molar-refractivity contribution in [1.82, 2.24) is 9.13 Å². The lowest BCUT2D eigenvalue weighted by Gasteiger charge is -2.50. The second kappa shape index (κ2) is 24.2. The Bertz CT molecular complexity index is 7260. The molecule has 23 rings (SSSR count). The Balaban J connectivity index is 0.905. The monoisotopic (exact) mass is 1400 g/mol. The molecule has 0 amide bonds. The Morgan fingerprint density at radius 3 is 0.954 bits per heavy atom. The predicted octanol–water partition coefficient (Wildman–Crippen LogP) is 23.8. The van der Waals surface area contributed by atoms with E-state index >= 15 is 0 Å². The highest BCUT2D eigenvalue weighted by Crippen LogP contribution is 2.55. The third-order valence-corrected chi connectivity index (χ3v) is 22.5. The smallest absolute Gasteiger partial charge is 0.316 e. The van der Waals surface area contributed by atoms with Gasteiger partial charge in [-0.25, -0.2) is 0 Å². The van der Waals surface area contributed by atoms with Crippen molar-refractivity contribution < 1.29 is 19.2 Å². The van der Waals surface area contributed by atoms with Crippen LogP contribution in [0.25, 0.3) is 144 Å². The molecule has 0 unspecified atom stereocenters. The lowest BCUT2D eigenvalue weighted by atomic mass is 9.32. The molecule has 19 aromatic rings. The van der Waals surface area contributed by atoms with E-state index in [1.54, 1.807) is 9.13 Å². The van der Waals surface area contributed by atoms with E-state index in [0.29, 0.717) is 61.6 Å². The van der Waals surface area contributed by atoms with Gasteiger partial charge in [-0.2, -0.15) is 0 Å². The van der Waals surface area contributed by atoms with E-state index in [4.69, 9.17) is 0 Å². The first-order valence-corrected chi connectivity index (χ1v) is 36.7. The van der Waals surface area contributed by atoms with E-state index in [2.05, 4.69) is 172 Å². The zero-order chi connectivity index (χ0) is 83.5. The summed E-state index contributed by atoms with van der Waals surface area (Å²) in [6.45, 7) is -2.46. The highest BCUT2D eigenvalue weighted by molar-refractivity contribution is 7.09. The van der Waals surface area contributed by atoms with Crippen LogP contribution in [0.1, 0.15) is 19.2 Å². The molecule has 5 nitrogen and oxygen atoms in total. The molecular weight excluding hydrogens is 1320 g/mol. The van der Waals surface area contributed by atoms with Gasteiger partial charge in [0, 0.05) is 83.6 Å². The molecule has 4 aliphatic heterocycles. The minimum absolute atomic E-state index is 0.00867. The molecule has 109 heavy (non-hydrogen) atoms. The highest BCUT2D eigenvalue weighted by Gasteiger charge is 2.53. The van der Waals surface area contributed by atoms with Crippen molar-refractivity contribution in [3.8, 4) is 100 Å². The molecule has 0 aliphatic carbocycles. The summed E-state index contributed by atoms with van der Waals surface area (Å²) in [7, 11) is 0. The van der Waals surface area contributed by atoms with E-state index in [9.17, 15) is 19.2 Å². The molecule has 0 saturated heterocycles. The van der Waals surface area contributed by atoms with Gasteiger partial charge in [-0.15, -0.1) is 0 Å². The standard InChI is InChI=1S/C102H65B2N5/c1-7-30-66(31-8-1)72-56-73(67-32-9-2-10-33-67)59-76(58-72)105(92-52-23-19-42-80(92)70-38-15-5-16-39-70)78-62-88-86-46-27-47-87-89-63-79(106(93-53-24-20-43-81(93)71-40-17-6-18-41-71)77-60-74(68-34-11-3-12-35-68)57-75(61-77)69-36-13-4-14-37-69)65-97-99(89)104(91-51-29-49-85-83-45-22-26-55-95(83)108(97)102(85)91)109(100(86)87)103-90-50-28-48-84-82-44-21-25-54-94(82)107(101(84)90)96(64-78)98(88)103/h1-65H/i21D,22D,25D,26D,28D,29D,44D,45D,48D,49D,50D,51D,54D,55D. The van der Waals surface area contributed by atoms with Gasteiger partial charge in [-0.1, -0.05) is 309 Å². The zero-order valence-corrected chi connectivity index (χ0v) is 58.3. The van der Waals surface area contributed by atoms with E-state index < -0.39 is 86.2 Å². The second-order valence-electron chi connectivity index (χ2n) is 28.3. The lowest BCUT2D eigenvalue weighted by Crippen LogP contribution is -2.74. The summed E-state index contributed by atoms with van der Waals surface area (Å²) in [5.41, 5.74) is 21.5. The average molecular weight is 1400 g/mol. The summed E-state index contributed by atoms with van der Waals surface area (Å²) in [4.78, 5) is 4.50. The number of hydrogen-bond acceptors (Lipinski definition) is 3. The minimum atomic E-state index is -1.23. The third-order valence-electron chi connectivity index (χ3n) is 22.5. The Hall–Kier alpha value is -14.1. The average Bonchev–Trinajstić information content (AvgIpc) is 1.61. The molecule has 7 heteroatoms. The maximum atomic E-state index is 10.8. The number of benzene rings is 17. The van der Waals surface area contributed by atoms with Gasteiger partial charge in [0.2, 0.25) is 0 Å². The van der Waals surface area contributed by atoms with E-state index in [0.717, 1.165) is 89.5 Å². The summed E-state index contributed by atoms with van der Waals surface area (Å²) in [5.74, 6) is 0. The largest absolute Gasteiger partial charge is 0.444 e. The normalized spacial score (nSPS) is 14.3. The molecule has 0 N–H and O–H groups in total. The summed E-state index contributed by atoms with van der Waals surface area (Å²) < 4.78 is 147. The first kappa shape index (κ1) is 48.8. The number of aromatic nitrogens is 2. The van der Waals surface area contributed by atoms with Crippen LogP contribution in [0.5, 0.6) is 0 Å². The summed E-state index contributed by atoms with van der Waals surface area (Å²) in [6.07, 6.45) is 0. The van der Waals surface area contributed by atoms with Gasteiger partial charge in [-0.3, -0.25) is 0 Å². The highest BCUT2D eigenvalue weighted by atomic mass is 15.2. The van der Waals surface area contributed by atoms with Crippen molar-refractivity contribution in [1.29, 1.82) is 0 Å². The number of para-hydroxylation sites is 7. The molecule has 0 saturated carbocycles. The van der Waals surface area contributed by atoms with Crippen molar-refractivity contribution in [2.75, 3.05) is 14.5 Å². The summed E-state index contributed by atoms with van der Waals surface area (Å²) in [6, 6.07) is 99.2. The van der Waals surface area contributed by atoms with Gasteiger partial charge >= 0.3 is 13.7 Å². The molecule has 504 valence electrons. The number of anilines is 7. The number of fused-ring (bicyclic) bond motifs is 14. The maximum absolute atomic E-state index is 10.8. The molecule has 4 aliphatic rings. The molecule has 0 spiro atoms. The quantitative estimate of drug-likeness (QED) is 0.114. The number of rotatable bonds is 12. The van der Waals surface area contributed by atoms with Crippen LogP contribution < -0.4 is 36.4 Å². The zero-order valence-electron chi connectivity index (χ0n) is 72.3. The Kier molecular flexibility index (Phi) is 10.8. The predicted molar refractivity (Wildman–Crippen MR) is 460 cm³/mol. The molecule has 6 heterocycles. The molecule has 0 radical (unpaired) electrons. The van der Waals surface area contributed by atoms with Crippen LogP contribution in [0.15, 0.2) is 394 Å². The van der Waals surface area contributed by atoms with E-state index in [-0.39, 0.29) is 66.6 Å². The van der Waals surface area contributed by atoms with Gasteiger partial charge in [-0.05, 0) is 173 Å². The lowest BCUT2D eigenvalue weighted by molar-refractivity contribution is 1.17. The van der Waals surface area contributed by atoms with Gasteiger partial charge in [0.15, 0.2) is 0 Å². The number of nitrogens with zero attached hydrogens (tertiary/aromatic N) is 5. The van der Waals surface area contributed by atoms with Crippen LogP contribution >= 0.6 is 0 Å². The Labute approximate surface area is 652 Å². The van der Waals surface area contributed by atoms with Crippen molar-refractivity contribution in [2.24, 2.45) is 0 Å². The Morgan fingerprint density at radius 2 is 0.569 bits per heavy atom. The fraction of sp³-hybridized carbons (Fsp3) is 0. The molecule has 0 fully saturated rings.